The van der Waals surface area contributed by atoms with Crippen LogP contribution in [0.1, 0.15) is 13.8 Å². The summed E-state index contributed by atoms with van der Waals surface area (Å²) in [4.78, 5) is 13.9. The number of hydrogen-bond acceptors (Lipinski definition) is 5. The molecule has 1 aromatic carbocycles. The van der Waals surface area contributed by atoms with Crippen molar-refractivity contribution in [2.45, 2.75) is 19.9 Å². The van der Waals surface area contributed by atoms with E-state index < -0.39 is 22.2 Å². The zero-order chi connectivity index (χ0) is 18.6. The molecule has 140 valence electrons. The number of ether oxygens (including phenoxy) is 1. The molecule has 1 aliphatic rings. The Morgan fingerprint density at radius 1 is 1.16 bits per heavy atom. The minimum Gasteiger partial charge on any atom is -0.468 e. The number of carbonyl (C=O) groups excluding carboxylic acids is 1. The summed E-state index contributed by atoms with van der Waals surface area (Å²) in [5.74, 6) is -0.795. The third-order valence-electron chi connectivity index (χ3n) is 4.17. The summed E-state index contributed by atoms with van der Waals surface area (Å²) in [5, 5.41) is 0.664. The van der Waals surface area contributed by atoms with Crippen molar-refractivity contribution >= 4 is 33.5 Å². The molecule has 7 nitrogen and oxygen atoms in total. The highest BCUT2D eigenvalue weighted by molar-refractivity contribution is 7.87. The molecule has 1 aromatic rings. The molecule has 9 heteroatoms. The van der Waals surface area contributed by atoms with E-state index in [0.717, 1.165) is 5.69 Å². The van der Waals surface area contributed by atoms with Crippen LogP contribution in [0.4, 0.5) is 5.69 Å². The number of halogens is 1. The lowest BCUT2D eigenvalue weighted by Crippen LogP contribution is -2.56. The van der Waals surface area contributed by atoms with Crippen LogP contribution in [0.2, 0.25) is 5.02 Å². The molecule has 0 spiro atoms. The molecule has 0 saturated carbocycles. The summed E-state index contributed by atoms with van der Waals surface area (Å²) in [6.45, 7) is 5.33. The average Bonchev–Trinajstić information content (AvgIpc) is 2.59. The van der Waals surface area contributed by atoms with Gasteiger partial charge in [-0.2, -0.15) is 17.4 Å². The summed E-state index contributed by atoms with van der Waals surface area (Å²) in [6.07, 6.45) is 0. The quantitative estimate of drug-likeness (QED) is 0.746. The second-order valence-corrected chi connectivity index (χ2v) is 8.37. The number of esters is 1. The van der Waals surface area contributed by atoms with Gasteiger partial charge in [0.1, 0.15) is 6.04 Å². The maximum atomic E-state index is 12.6. The predicted molar refractivity (Wildman–Crippen MR) is 97.9 cm³/mol. The Balaban J connectivity index is 2.00. The Bertz CT molecular complexity index is 686. The van der Waals surface area contributed by atoms with Gasteiger partial charge in [0.05, 0.1) is 7.11 Å². The first kappa shape index (κ1) is 20.0. The van der Waals surface area contributed by atoms with E-state index >= 15 is 0 Å². The molecular weight excluding hydrogens is 366 g/mol. The molecule has 0 aromatic heterocycles. The molecule has 2 rings (SSSR count). The number of nitrogens with one attached hydrogen (secondary N) is 1. The lowest BCUT2D eigenvalue weighted by Gasteiger charge is -2.36. The normalized spacial score (nSPS) is 17.6. The highest BCUT2D eigenvalue weighted by atomic mass is 35.5. The smallest absolute Gasteiger partial charge is 0.324 e. The summed E-state index contributed by atoms with van der Waals surface area (Å²) >= 11 is 5.89. The monoisotopic (exact) mass is 389 g/mol. The molecule has 1 fully saturated rings. The van der Waals surface area contributed by atoms with Crippen LogP contribution in [0.3, 0.4) is 0 Å². The lowest BCUT2D eigenvalue weighted by molar-refractivity contribution is -0.143. The number of hydrogen-bond donors (Lipinski definition) is 1. The number of anilines is 1. The molecule has 1 N–H and O–H groups in total. The third-order valence-corrected chi connectivity index (χ3v) is 6.02. The van der Waals surface area contributed by atoms with Gasteiger partial charge < -0.3 is 9.64 Å². The maximum Gasteiger partial charge on any atom is 0.324 e. The number of nitrogens with zero attached hydrogens (tertiary/aromatic N) is 2. The van der Waals surface area contributed by atoms with Crippen LogP contribution >= 0.6 is 11.6 Å². The van der Waals surface area contributed by atoms with Gasteiger partial charge >= 0.3 is 5.97 Å². The average molecular weight is 390 g/mol. The molecule has 0 aliphatic carbocycles. The third kappa shape index (κ3) is 5.07. The molecule has 25 heavy (non-hydrogen) atoms. The van der Waals surface area contributed by atoms with Gasteiger partial charge in [-0.3, -0.25) is 4.79 Å². The van der Waals surface area contributed by atoms with Crippen molar-refractivity contribution in [3.8, 4) is 0 Å². The minimum atomic E-state index is -3.76. The predicted octanol–water partition coefficient (Wildman–Crippen LogP) is 1.49. The van der Waals surface area contributed by atoms with Gasteiger partial charge in [0, 0.05) is 36.9 Å². The number of carbonyl (C=O) groups is 1. The fourth-order valence-electron chi connectivity index (χ4n) is 2.66. The Hall–Kier alpha value is -1.35. The Kier molecular flexibility index (Phi) is 6.67. The number of benzene rings is 1. The van der Waals surface area contributed by atoms with Crippen molar-refractivity contribution in [1.29, 1.82) is 0 Å². The van der Waals surface area contributed by atoms with E-state index in [9.17, 15) is 13.2 Å². The molecule has 0 amide bonds. The van der Waals surface area contributed by atoms with Crippen molar-refractivity contribution in [3.63, 3.8) is 0 Å². The first-order valence-electron chi connectivity index (χ1n) is 8.10. The van der Waals surface area contributed by atoms with Gasteiger partial charge in [0.25, 0.3) is 10.2 Å². The molecule has 1 atom stereocenters. The number of methoxy groups -OCH3 is 1. The highest BCUT2D eigenvalue weighted by Crippen LogP contribution is 2.20. The first-order chi connectivity index (χ1) is 11.7. The molecule has 1 aliphatic heterocycles. The van der Waals surface area contributed by atoms with Gasteiger partial charge in [-0.1, -0.05) is 25.4 Å². The summed E-state index contributed by atoms with van der Waals surface area (Å²) < 4.78 is 33.7. The van der Waals surface area contributed by atoms with Crippen LogP contribution in [0.25, 0.3) is 0 Å². The Morgan fingerprint density at radius 2 is 1.72 bits per heavy atom. The van der Waals surface area contributed by atoms with Crippen LogP contribution in [-0.4, -0.2) is 58.0 Å². The lowest BCUT2D eigenvalue weighted by atomic mass is 10.1. The van der Waals surface area contributed by atoms with Gasteiger partial charge in [0.15, 0.2) is 0 Å². The van der Waals surface area contributed by atoms with Crippen molar-refractivity contribution in [2.24, 2.45) is 5.92 Å². The van der Waals surface area contributed by atoms with Crippen molar-refractivity contribution in [2.75, 3.05) is 38.2 Å². The molecular formula is C16H24ClN3O4S. The van der Waals surface area contributed by atoms with Gasteiger partial charge in [-0.05, 0) is 30.2 Å². The van der Waals surface area contributed by atoms with Crippen LogP contribution in [0, 0.1) is 5.92 Å². The fraction of sp³-hybridized carbons (Fsp3) is 0.562. The van der Waals surface area contributed by atoms with E-state index in [4.69, 9.17) is 11.6 Å². The molecule has 1 unspecified atom stereocenters. The fourth-order valence-corrected chi connectivity index (χ4v) is 4.27. The summed E-state index contributed by atoms with van der Waals surface area (Å²) in [6, 6.07) is 6.55. The van der Waals surface area contributed by atoms with Gasteiger partial charge in [-0.15, -0.1) is 0 Å². The van der Waals surface area contributed by atoms with Gasteiger partial charge in [0.2, 0.25) is 0 Å². The van der Waals surface area contributed by atoms with E-state index in [1.807, 2.05) is 24.3 Å². The second kappa shape index (κ2) is 8.35. The Labute approximate surface area is 154 Å². The zero-order valence-electron chi connectivity index (χ0n) is 14.6. The zero-order valence-corrected chi connectivity index (χ0v) is 16.2. The topological polar surface area (TPSA) is 78.9 Å². The highest BCUT2D eigenvalue weighted by Gasteiger charge is 2.33. The van der Waals surface area contributed by atoms with E-state index in [1.54, 1.807) is 13.8 Å². The van der Waals surface area contributed by atoms with E-state index in [1.165, 1.54) is 11.4 Å². The minimum absolute atomic E-state index is 0.211. The van der Waals surface area contributed by atoms with Crippen LogP contribution in [-0.2, 0) is 19.7 Å². The van der Waals surface area contributed by atoms with Crippen molar-refractivity contribution < 1.29 is 17.9 Å². The summed E-state index contributed by atoms with van der Waals surface area (Å²) in [7, 11) is -2.51. The van der Waals surface area contributed by atoms with Crippen molar-refractivity contribution in [1.82, 2.24) is 9.03 Å². The molecule has 0 radical (unpaired) electrons. The van der Waals surface area contributed by atoms with E-state index in [-0.39, 0.29) is 5.92 Å². The SMILES string of the molecule is COC(=O)C(NS(=O)(=O)N1CCN(c2ccc(Cl)cc2)CC1)C(C)C. The second-order valence-electron chi connectivity index (χ2n) is 6.23. The standard InChI is InChI=1S/C16H24ClN3O4S/c1-12(2)15(16(21)24-3)18-25(22,23)20-10-8-19(9-11-20)14-6-4-13(17)5-7-14/h4-7,12,15,18H,8-11H2,1-3H3. The maximum absolute atomic E-state index is 12.6. The number of rotatable bonds is 6. The van der Waals surface area contributed by atoms with Crippen LogP contribution in [0.5, 0.6) is 0 Å². The molecule has 1 saturated heterocycles. The van der Waals surface area contributed by atoms with Crippen molar-refractivity contribution in [3.05, 3.63) is 29.3 Å². The first-order valence-corrected chi connectivity index (χ1v) is 9.92. The molecule has 0 bridgehead atoms. The Morgan fingerprint density at radius 3 is 2.20 bits per heavy atom. The van der Waals surface area contributed by atoms with E-state index in [0.29, 0.717) is 31.2 Å². The van der Waals surface area contributed by atoms with Gasteiger partial charge in [-0.25, -0.2) is 0 Å². The van der Waals surface area contributed by atoms with Crippen LogP contribution in [0.15, 0.2) is 24.3 Å². The number of piperazine rings is 1. The van der Waals surface area contributed by atoms with Crippen LogP contribution < -0.4 is 9.62 Å². The largest absolute Gasteiger partial charge is 0.468 e. The van der Waals surface area contributed by atoms with E-state index in [2.05, 4.69) is 14.4 Å². The molecule has 1 heterocycles. The summed E-state index contributed by atoms with van der Waals surface area (Å²) in [5.41, 5.74) is 1.00.